The van der Waals surface area contributed by atoms with Crippen LogP contribution in [0.5, 0.6) is 0 Å². The van der Waals surface area contributed by atoms with Crippen molar-refractivity contribution in [2.45, 2.75) is 44.1 Å². The lowest BCUT2D eigenvalue weighted by molar-refractivity contribution is 0.422. The molecule has 17 heavy (non-hydrogen) atoms. The molecule has 1 aromatic carbocycles. The zero-order valence-electron chi connectivity index (χ0n) is 10.6. The summed E-state index contributed by atoms with van der Waals surface area (Å²) in [4.78, 5) is 0. The Labute approximate surface area is 105 Å². The van der Waals surface area contributed by atoms with Gasteiger partial charge in [-0.05, 0) is 31.4 Å². The van der Waals surface area contributed by atoms with Crippen LogP contribution >= 0.6 is 0 Å². The van der Waals surface area contributed by atoms with Crippen molar-refractivity contribution in [2.24, 2.45) is 0 Å². The smallest absolute Gasteiger partial charge is 0.0273 e. The first-order valence-electron chi connectivity index (χ1n) is 6.56. The fourth-order valence-electron chi connectivity index (χ4n) is 2.64. The molecule has 1 aliphatic rings. The van der Waals surface area contributed by atoms with Crippen LogP contribution in [0.2, 0.25) is 0 Å². The molecule has 1 nitrogen and oxygen atoms in total. The van der Waals surface area contributed by atoms with Gasteiger partial charge in [-0.25, -0.2) is 0 Å². The molecule has 1 unspecified atom stereocenters. The third-order valence-corrected chi connectivity index (χ3v) is 3.77. The maximum Gasteiger partial charge on any atom is 0.0273 e. The average Bonchev–Trinajstić information content (AvgIpc) is 3.17. The lowest BCUT2D eigenvalue weighted by Gasteiger charge is -2.27. The highest BCUT2D eigenvalue weighted by molar-refractivity contribution is 5.34. The molecule has 1 N–H and O–H groups in total. The van der Waals surface area contributed by atoms with Gasteiger partial charge in [-0.2, -0.15) is 0 Å². The molecule has 1 fully saturated rings. The van der Waals surface area contributed by atoms with Crippen molar-refractivity contribution in [1.82, 2.24) is 5.32 Å². The number of nitrogens with one attached hydrogen (secondary N) is 1. The Balaban J connectivity index is 2.15. The highest BCUT2D eigenvalue weighted by Gasteiger charge is 2.49. The first-order chi connectivity index (χ1) is 8.33. The Morgan fingerprint density at radius 1 is 1.35 bits per heavy atom. The van der Waals surface area contributed by atoms with Crippen LogP contribution in [0, 0.1) is 12.3 Å². The van der Waals surface area contributed by atoms with Crippen molar-refractivity contribution < 1.29 is 0 Å². The minimum absolute atomic E-state index is 0.308. The molecule has 0 spiro atoms. The molecule has 1 atom stereocenters. The van der Waals surface area contributed by atoms with E-state index in [9.17, 15) is 0 Å². The summed E-state index contributed by atoms with van der Waals surface area (Å²) in [6.45, 7) is 3.25. The molecule has 1 aromatic rings. The second-order valence-corrected chi connectivity index (χ2v) is 4.94. The van der Waals surface area contributed by atoms with Gasteiger partial charge in [-0.1, -0.05) is 37.3 Å². The molecular formula is C16H21N. The number of hydrogen-bond acceptors (Lipinski definition) is 1. The molecule has 0 aromatic heterocycles. The van der Waals surface area contributed by atoms with Gasteiger partial charge in [0.05, 0.1) is 0 Å². The Kier molecular flexibility index (Phi) is 3.86. The average molecular weight is 227 g/mol. The van der Waals surface area contributed by atoms with Crippen LogP contribution in [0.1, 0.15) is 38.2 Å². The van der Waals surface area contributed by atoms with Gasteiger partial charge in [-0.15, -0.1) is 12.3 Å². The first-order valence-corrected chi connectivity index (χ1v) is 6.56. The normalized spacial score (nSPS) is 18.4. The van der Waals surface area contributed by atoms with E-state index in [0.29, 0.717) is 11.5 Å². The highest BCUT2D eigenvalue weighted by Crippen LogP contribution is 2.51. The standard InChI is InChI=1S/C16H21N/c1-3-8-15(17-13-4-2)16(11-12-16)14-9-6-5-7-10-14/h1,5-7,9-10,15,17H,4,8,11-13H2,2H3. The molecule has 0 saturated heterocycles. The Hall–Kier alpha value is -1.26. The molecule has 0 radical (unpaired) electrons. The van der Waals surface area contributed by atoms with Crippen molar-refractivity contribution in [2.75, 3.05) is 6.54 Å². The summed E-state index contributed by atoms with van der Waals surface area (Å²) in [7, 11) is 0. The van der Waals surface area contributed by atoms with Crippen LogP contribution in [0.3, 0.4) is 0 Å². The number of benzene rings is 1. The SMILES string of the molecule is C#CCC(NCCC)C1(c2ccccc2)CC1. The van der Waals surface area contributed by atoms with E-state index in [1.807, 2.05) is 0 Å². The summed E-state index contributed by atoms with van der Waals surface area (Å²) in [6, 6.07) is 11.3. The topological polar surface area (TPSA) is 12.0 Å². The third-order valence-electron chi connectivity index (χ3n) is 3.77. The van der Waals surface area contributed by atoms with Gasteiger partial charge in [0.2, 0.25) is 0 Å². The van der Waals surface area contributed by atoms with Gasteiger partial charge in [0.25, 0.3) is 0 Å². The largest absolute Gasteiger partial charge is 0.312 e. The molecule has 90 valence electrons. The predicted molar refractivity (Wildman–Crippen MR) is 72.9 cm³/mol. The van der Waals surface area contributed by atoms with Crippen molar-refractivity contribution in [1.29, 1.82) is 0 Å². The molecule has 0 heterocycles. The molecular weight excluding hydrogens is 206 g/mol. The van der Waals surface area contributed by atoms with Gasteiger partial charge in [-0.3, -0.25) is 0 Å². The van der Waals surface area contributed by atoms with Gasteiger partial charge in [0, 0.05) is 17.9 Å². The van der Waals surface area contributed by atoms with Crippen LogP contribution in [0.15, 0.2) is 30.3 Å². The summed E-state index contributed by atoms with van der Waals surface area (Å²) in [5.74, 6) is 2.83. The highest BCUT2D eigenvalue weighted by atomic mass is 14.9. The second kappa shape index (κ2) is 5.38. The van der Waals surface area contributed by atoms with E-state index in [0.717, 1.165) is 19.4 Å². The Morgan fingerprint density at radius 2 is 2.06 bits per heavy atom. The van der Waals surface area contributed by atoms with E-state index >= 15 is 0 Å². The van der Waals surface area contributed by atoms with E-state index < -0.39 is 0 Å². The minimum Gasteiger partial charge on any atom is -0.312 e. The number of rotatable bonds is 6. The van der Waals surface area contributed by atoms with Crippen molar-refractivity contribution in [3.8, 4) is 12.3 Å². The fourth-order valence-corrected chi connectivity index (χ4v) is 2.64. The lowest BCUT2D eigenvalue weighted by Crippen LogP contribution is -2.40. The van der Waals surface area contributed by atoms with E-state index in [2.05, 4.69) is 48.5 Å². The monoisotopic (exact) mass is 227 g/mol. The lowest BCUT2D eigenvalue weighted by atomic mass is 9.86. The van der Waals surface area contributed by atoms with Crippen molar-refractivity contribution >= 4 is 0 Å². The molecule has 0 aliphatic heterocycles. The summed E-state index contributed by atoms with van der Waals surface area (Å²) in [5.41, 5.74) is 1.76. The maximum atomic E-state index is 5.51. The van der Waals surface area contributed by atoms with Gasteiger partial charge in [0.1, 0.15) is 0 Å². The third kappa shape index (κ3) is 2.53. The molecule has 0 amide bonds. The molecule has 1 saturated carbocycles. The molecule has 1 heteroatoms. The maximum absolute atomic E-state index is 5.51. The van der Waals surface area contributed by atoms with Crippen LogP contribution in [-0.4, -0.2) is 12.6 Å². The zero-order valence-corrected chi connectivity index (χ0v) is 10.6. The summed E-state index contributed by atoms with van der Waals surface area (Å²) >= 11 is 0. The zero-order chi connectivity index (χ0) is 12.1. The number of hydrogen-bond donors (Lipinski definition) is 1. The minimum atomic E-state index is 0.308. The molecule has 0 bridgehead atoms. The van der Waals surface area contributed by atoms with Crippen LogP contribution in [-0.2, 0) is 5.41 Å². The van der Waals surface area contributed by atoms with Crippen LogP contribution < -0.4 is 5.32 Å². The van der Waals surface area contributed by atoms with E-state index in [4.69, 9.17) is 6.42 Å². The van der Waals surface area contributed by atoms with E-state index in [-0.39, 0.29) is 0 Å². The fraction of sp³-hybridized carbons (Fsp3) is 0.500. The summed E-state index contributed by atoms with van der Waals surface area (Å²) in [5, 5.41) is 3.63. The van der Waals surface area contributed by atoms with Crippen LogP contribution in [0.4, 0.5) is 0 Å². The van der Waals surface area contributed by atoms with Gasteiger partial charge >= 0.3 is 0 Å². The molecule has 2 rings (SSSR count). The quantitative estimate of drug-likeness (QED) is 0.736. The summed E-state index contributed by atoms with van der Waals surface area (Å²) in [6.07, 6.45) is 10.0. The van der Waals surface area contributed by atoms with E-state index in [1.54, 1.807) is 0 Å². The van der Waals surface area contributed by atoms with Gasteiger partial charge < -0.3 is 5.32 Å². The second-order valence-electron chi connectivity index (χ2n) is 4.94. The summed E-state index contributed by atoms with van der Waals surface area (Å²) < 4.78 is 0. The number of terminal acetylenes is 1. The molecule has 1 aliphatic carbocycles. The van der Waals surface area contributed by atoms with Crippen molar-refractivity contribution in [3.05, 3.63) is 35.9 Å². The van der Waals surface area contributed by atoms with Crippen LogP contribution in [0.25, 0.3) is 0 Å². The first kappa shape index (κ1) is 12.2. The predicted octanol–water partition coefficient (Wildman–Crippen LogP) is 3.11. The van der Waals surface area contributed by atoms with Gasteiger partial charge in [0.15, 0.2) is 0 Å². The Bertz CT molecular complexity index is 384. The van der Waals surface area contributed by atoms with Crippen molar-refractivity contribution in [3.63, 3.8) is 0 Å². The Morgan fingerprint density at radius 3 is 2.59 bits per heavy atom. The van der Waals surface area contributed by atoms with E-state index in [1.165, 1.54) is 18.4 Å².